The fourth-order valence-corrected chi connectivity index (χ4v) is 1.45. The van der Waals surface area contributed by atoms with E-state index in [1.54, 1.807) is 27.7 Å². The van der Waals surface area contributed by atoms with E-state index in [4.69, 9.17) is 4.18 Å². The predicted octanol–water partition coefficient (Wildman–Crippen LogP) is 1.71. The van der Waals surface area contributed by atoms with Crippen LogP contribution in [0.1, 0.15) is 27.7 Å². The monoisotopic (exact) mass is 216 g/mol. The van der Waals surface area contributed by atoms with E-state index in [1.165, 1.54) is 6.08 Å². The smallest absolute Gasteiger partial charge is 0.251 e. The lowest BCUT2D eigenvalue weighted by molar-refractivity contribution is 0.179. The van der Waals surface area contributed by atoms with Crippen molar-refractivity contribution in [1.29, 1.82) is 0 Å². The van der Waals surface area contributed by atoms with Gasteiger partial charge in [0.15, 0.2) is 0 Å². The van der Waals surface area contributed by atoms with Gasteiger partial charge in [-0.15, -0.1) is 0 Å². The molecule has 0 fully saturated rings. The summed E-state index contributed by atoms with van der Waals surface area (Å²) in [7, 11) is -3.52. The van der Waals surface area contributed by atoms with Gasteiger partial charge >= 0.3 is 0 Å². The van der Waals surface area contributed by atoms with Gasteiger partial charge in [0.1, 0.15) is 5.60 Å². The van der Waals surface area contributed by atoms with E-state index in [0.717, 1.165) is 0 Å². The van der Waals surface area contributed by atoms with Crippen LogP contribution in [0, 0.1) is 11.8 Å². The fourth-order valence-electron chi connectivity index (χ4n) is 0.632. The van der Waals surface area contributed by atoms with Crippen LogP contribution in [0.15, 0.2) is 12.7 Å². The number of hydrogen-bond acceptors (Lipinski definition) is 3. The summed E-state index contributed by atoms with van der Waals surface area (Å²) in [4.78, 5) is 0. The van der Waals surface area contributed by atoms with Crippen LogP contribution < -0.4 is 0 Å². The zero-order chi connectivity index (χ0) is 11.4. The molecular weight excluding hydrogens is 200 g/mol. The van der Waals surface area contributed by atoms with Crippen molar-refractivity contribution in [2.75, 3.05) is 0 Å². The Labute approximate surface area is 86.3 Å². The minimum absolute atomic E-state index is 0.563. The Kier molecular flexibility index (Phi) is 4.37. The molecule has 0 amide bonds. The van der Waals surface area contributed by atoms with E-state index in [2.05, 4.69) is 18.4 Å². The summed E-state index contributed by atoms with van der Waals surface area (Å²) in [6, 6.07) is 0. The molecule has 0 atom stereocenters. The van der Waals surface area contributed by atoms with Gasteiger partial charge in [0, 0.05) is 0 Å². The maximum atomic E-state index is 11.4. The Morgan fingerprint density at radius 2 is 1.93 bits per heavy atom. The van der Waals surface area contributed by atoms with E-state index in [-0.39, 0.29) is 0 Å². The van der Waals surface area contributed by atoms with Gasteiger partial charge in [-0.05, 0) is 33.8 Å². The first-order chi connectivity index (χ1) is 6.21. The van der Waals surface area contributed by atoms with Gasteiger partial charge in [0.25, 0.3) is 10.1 Å². The summed E-state index contributed by atoms with van der Waals surface area (Å²) in [5.74, 6) is 5.22. The van der Waals surface area contributed by atoms with Crippen LogP contribution in [0.4, 0.5) is 0 Å². The molecule has 0 aliphatic carbocycles. The Morgan fingerprint density at radius 3 is 2.29 bits per heavy atom. The average Bonchev–Trinajstić information content (AvgIpc) is 1.99. The highest BCUT2D eigenvalue weighted by atomic mass is 32.2. The summed E-state index contributed by atoms with van der Waals surface area (Å²) in [5.41, 5.74) is -1.00. The molecule has 0 aliphatic rings. The van der Waals surface area contributed by atoms with E-state index >= 15 is 0 Å². The third-order valence-corrected chi connectivity index (χ3v) is 3.18. The van der Waals surface area contributed by atoms with Crippen LogP contribution in [0.2, 0.25) is 0 Å². The molecule has 14 heavy (non-hydrogen) atoms. The molecular formula is C10H16O3S. The number of rotatable bonds is 3. The van der Waals surface area contributed by atoms with Crippen LogP contribution in [0.3, 0.4) is 0 Å². The third kappa shape index (κ3) is 4.45. The highest BCUT2D eigenvalue weighted by Gasteiger charge is 2.27. The normalized spacial score (nSPS) is 12.1. The average molecular weight is 216 g/mol. The molecule has 0 aromatic rings. The molecule has 0 saturated carbocycles. The lowest BCUT2D eigenvalue weighted by Gasteiger charge is -2.19. The summed E-state index contributed by atoms with van der Waals surface area (Å²) >= 11 is 0. The van der Waals surface area contributed by atoms with Crippen LogP contribution in [-0.4, -0.2) is 19.3 Å². The first-order valence-electron chi connectivity index (χ1n) is 4.29. The molecule has 0 rings (SSSR count). The highest BCUT2D eigenvalue weighted by molar-refractivity contribution is 7.87. The molecule has 0 aliphatic heterocycles. The molecule has 0 aromatic heterocycles. The van der Waals surface area contributed by atoms with Crippen molar-refractivity contribution < 1.29 is 12.6 Å². The van der Waals surface area contributed by atoms with E-state index < -0.39 is 21.0 Å². The summed E-state index contributed by atoms with van der Waals surface area (Å²) in [6.07, 6.45) is 1.40. The van der Waals surface area contributed by atoms with Gasteiger partial charge in [-0.3, -0.25) is 4.18 Å². The van der Waals surface area contributed by atoms with Gasteiger partial charge in [0.05, 0.1) is 5.25 Å². The molecule has 0 spiro atoms. The first-order valence-corrected chi connectivity index (χ1v) is 5.76. The number of allylic oxidation sites excluding steroid dienone is 1. The minimum atomic E-state index is -3.52. The van der Waals surface area contributed by atoms with Gasteiger partial charge in [-0.2, -0.15) is 8.42 Å². The van der Waals surface area contributed by atoms with E-state index in [9.17, 15) is 8.42 Å². The van der Waals surface area contributed by atoms with Crippen molar-refractivity contribution in [2.45, 2.75) is 38.5 Å². The van der Waals surface area contributed by atoms with Crippen molar-refractivity contribution in [3.8, 4) is 11.8 Å². The zero-order valence-corrected chi connectivity index (χ0v) is 9.81. The molecule has 0 radical (unpaired) electrons. The van der Waals surface area contributed by atoms with Crippen LogP contribution in [0.5, 0.6) is 0 Å². The van der Waals surface area contributed by atoms with E-state index in [1.807, 2.05) is 0 Å². The Balaban J connectivity index is 4.76. The van der Waals surface area contributed by atoms with Crippen LogP contribution in [0.25, 0.3) is 0 Å². The lowest BCUT2D eigenvalue weighted by atomic mass is 10.1. The van der Waals surface area contributed by atoms with Gasteiger partial charge < -0.3 is 0 Å². The van der Waals surface area contributed by atoms with Gasteiger partial charge in [0.2, 0.25) is 0 Å². The Morgan fingerprint density at radius 1 is 1.43 bits per heavy atom. The molecule has 0 unspecified atom stereocenters. The van der Waals surface area contributed by atoms with Crippen molar-refractivity contribution in [2.24, 2.45) is 0 Å². The molecule has 0 aromatic carbocycles. The van der Waals surface area contributed by atoms with Gasteiger partial charge in [-0.25, -0.2) is 0 Å². The molecule has 0 saturated heterocycles. The lowest BCUT2D eigenvalue weighted by Crippen LogP contribution is -2.30. The van der Waals surface area contributed by atoms with E-state index in [0.29, 0.717) is 0 Å². The molecule has 4 heteroatoms. The fraction of sp³-hybridized carbons (Fsp3) is 0.600. The maximum Gasteiger partial charge on any atom is 0.271 e. The Hall–Kier alpha value is -0.790. The number of hydrogen-bond donors (Lipinski definition) is 0. The van der Waals surface area contributed by atoms with Crippen molar-refractivity contribution >= 4 is 10.1 Å². The summed E-state index contributed by atoms with van der Waals surface area (Å²) in [6.45, 7) is 9.74. The van der Waals surface area contributed by atoms with Crippen molar-refractivity contribution in [1.82, 2.24) is 0 Å². The second kappa shape index (κ2) is 4.63. The molecule has 0 N–H and O–H groups in total. The van der Waals surface area contributed by atoms with Crippen molar-refractivity contribution in [3.63, 3.8) is 0 Å². The highest BCUT2D eigenvalue weighted by Crippen LogP contribution is 2.15. The molecule has 0 heterocycles. The Bertz CT molecular complexity index is 353. The second-order valence-electron chi connectivity index (χ2n) is 3.61. The standard InChI is InChI=1S/C10H16O3S/c1-6-7-8-10(4,5)13-14(11,12)9(2)3/h6,9H,1H2,2-5H3. The third-order valence-electron chi connectivity index (χ3n) is 1.38. The summed E-state index contributed by atoms with van der Waals surface area (Å²) in [5, 5.41) is -0.563. The second-order valence-corrected chi connectivity index (χ2v) is 5.70. The summed E-state index contributed by atoms with van der Waals surface area (Å²) < 4.78 is 27.7. The van der Waals surface area contributed by atoms with Gasteiger partial charge in [-0.1, -0.05) is 18.4 Å². The van der Waals surface area contributed by atoms with Crippen LogP contribution >= 0.6 is 0 Å². The minimum Gasteiger partial charge on any atom is -0.251 e. The zero-order valence-electron chi connectivity index (χ0n) is 8.99. The molecule has 0 bridgehead atoms. The topological polar surface area (TPSA) is 43.4 Å². The quantitative estimate of drug-likeness (QED) is 0.533. The largest absolute Gasteiger partial charge is 0.271 e. The SMILES string of the molecule is C=CC#CC(C)(C)OS(=O)(=O)C(C)C. The van der Waals surface area contributed by atoms with Crippen molar-refractivity contribution in [3.05, 3.63) is 12.7 Å². The predicted molar refractivity (Wildman–Crippen MR) is 57.2 cm³/mol. The van der Waals surface area contributed by atoms with Crippen LogP contribution in [-0.2, 0) is 14.3 Å². The molecule has 80 valence electrons. The first kappa shape index (κ1) is 13.2. The maximum absolute atomic E-state index is 11.4. The molecule has 3 nitrogen and oxygen atoms in total.